The van der Waals surface area contributed by atoms with Crippen LogP contribution >= 0.6 is 0 Å². The van der Waals surface area contributed by atoms with Gasteiger partial charge in [-0.1, -0.05) is 30.3 Å². The van der Waals surface area contributed by atoms with E-state index in [9.17, 15) is 0 Å². The Labute approximate surface area is 129 Å². The summed E-state index contributed by atoms with van der Waals surface area (Å²) in [6.45, 7) is 0.843. The molecule has 0 bridgehead atoms. The van der Waals surface area contributed by atoms with Crippen LogP contribution in [0, 0.1) is 0 Å². The highest BCUT2D eigenvalue weighted by Crippen LogP contribution is 2.22. The number of pyridine rings is 1. The molecule has 0 aliphatic carbocycles. The van der Waals surface area contributed by atoms with Crippen molar-refractivity contribution in [2.24, 2.45) is 0 Å². The van der Waals surface area contributed by atoms with E-state index in [2.05, 4.69) is 56.5 Å². The molecule has 0 radical (unpaired) electrons. The van der Waals surface area contributed by atoms with Gasteiger partial charge in [0.05, 0.1) is 0 Å². The second-order valence-corrected chi connectivity index (χ2v) is 5.68. The average Bonchev–Trinajstić information content (AvgIpc) is 3.22. The average molecular weight is 293 g/mol. The summed E-state index contributed by atoms with van der Waals surface area (Å²) in [5, 5.41) is 4.54. The van der Waals surface area contributed by atoms with Crippen molar-refractivity contribution in [3.05, 3.63) is 60.3 Å². The second kappa shape index (κ2) is 5.79. The van der Waals surface area contributed by atoms with E-state index in [0.717, 1.165) is 29.8 Å². The highest BCUT2D eigenvalue weighted by molar-refractivity contribution is 5.77. The predicted octanol–water partition coefficient (Wildman–Crippen LogP) is 2.58. The summed E-state index contributed by atoms with van der Waals surface area (Å²) in [5.41, 5.74) is 8.97. The van der Waals surface area contributed by atoms with E-state index in [1.54, 1.807) is 0 Å². The van der Waals surface area contributed by atoms with E-state index >= 15 is 0 Å². The van der Waals surface area contributed by atoms with Crippen molar-refractivity contribution in [2.45, 2.75) is 18.5 Å². The van der Waals surface area contributed by atoms with Crippen molar-refractivity contribution in [2.75, 3.05) is 11.9 Å². The molecule has 5 heteroatoms. The van der Waals surface area contributed by atoms with Crippen LogP contribution in [0.15, 0.2) is 54.7 Å². The van der Waals surface area contributed by atoms with Crippen LogP contribution in [0.25, 0.3) is 11.0 Å². The highest BCUT2D eigenvalue weighted by atomic mass is 15.4. The zero-order valence-corrected chi connectivity index (χ0v) is 12.2. The monoisotopic (exact) mass is 293 g/mol. The van der Waals surface area contributed by atoms with Crippen molar-refractivity contribution in [1.82, 2.24) is 20.8 Å². The summed E-state index contributed by atoms with van der Waals surface area (Å²) in [7, 11) is 0. The highest BCUT2D eigenvalue weighted by Gasteiger charge is 2.24. The van der Waals surface area contributed by atoms with E-state index in [1.165, 1.54) is 5.56 Å². The number of anilines is 1. The van der Waals surface area contributed by atoms with E-state index in [0.29, 0.717) is 12.1 Å². The van der Waals surface area contributed by atoms with E-state index in [-0.39, 0.29) is 0 Å². The largest absolute Gasteiger partial charge is 0.368 e. The maximum absolute atomic E-state index is 4.56. The van der Waals surface area contributed by atoms with Gasteiger partial charge in [0.2, 0.25) is 0 Å². The third-order valence-electron chi connectivity index (χ3n) is 4.12. The molecule has 2 atom stereocenters. The molecule has 2 unspecified atom stereocenters. The third kappa shape index (κ3) is 2.68. The van der Waals surface area contributed by atoms with Gasteiger partial charge < -0.3 is 10.3 Å². The number of nitrogens with one attached hydrogen (secondary N) is 4. The summed E-state index contributed by atoms with van der Waals surface area (Å²) in [5.74, 6) is 0.903. The van der Waals surface area contributed by atoms with Gasteiger partial charge in [-0.3, -0.25) is 5.43 Å². The van der Waals surface area contributed by atoms with Gasteiger partial charge in [0.25, 0.3) is 0 Å². The first-order chi connectivity index (χ1) is 10.9. The first-order valence-corrected chi connectivity index (χ1v) is 7.62. The van der Waals surface area contributed by atoms with Crippen LogP contribution < -0.4 is 16.2 Å². The van der Waals surface area contributed by atoms with Crippen LogP contribution in [0.3, 0.4) is 0 Å². The van der Waals surface area contributed by atoms with Crippen molar-refractivity contribution in [3.8, 4) is 0 Å². The second-order valence-electron chi connectivity index (χ2n) is 5.68. The number of hydrazine groups is 1. The smallest absolute Gasteiger partial charge is 0.139 e. The van der Waals surface area contributed by atoms with Crippen LogP contribution in [-0.2, 0) is 0 Å². The number of aromatic amines is 1. The molecule has 1 aliphatic rings. The van der Waals surface area contributed by atoms with E-state index in [1.807, 2.05) is 24.4 Å². The standard InChI is InChI=1S/C17H19N5/c1-2-4-12(5-3-1)15-10-14(21-22-15)11-19-16-7-6-13-8-9-18-17(13)20-16/h1-9,14-15,21-22H,10-11H2,(H2,18,19,20). The van der Waals surface area contributed by atoms with E-state index in [4.69, 9.17) is 0 Å². The fraction of sp³-hybridized carbons (Fsp3) is 0.235. The van der Waals surface area contributed by atoms with Crippen LogP contribution in [-0.4, -0.2) is 22.6 Å². The molecular weight excluding hydrogens is 274 g/mol. The quantitative estimate of drug-likeness (QED) is 0.597. The summed E-state index contributed by atoms with van der Waals surface area (Å²) in [6.07, 6.45) is 2.97. The minimum atomic E-state index is 0.367. The molecule has 3 heterocycles. The maximum Gasteiger partial charge on any atom is 0.139 e. The molecule has 2 aromatic heterocycles. The van der Waals surface area contributed by atoms with Gasteiger partial charge in [-0.15, -0.1) is 0 Å². The lowest BCUT2D eigenvalue weighted by molar-refractivity contribution is 0.552. The van der Waals surface area contributed by atoms with Crippen LogP contribution in [0.4, 0.5) is 5.82 Å². The normalized spacial score (nSPS) is 21.3. The van der Waals surface area contributed by atoms with E-state index < -0.39 is 0 Å². The van der Waals surface area contributed by atoms with Gasteiger partial charge in [-0.2, -0.15) is 0 Å². The molecule has 1 aliphatic heterocycles. The number of nitrogens with zero attached hydrogens (tertiary/aromatic N) is 1. The van der Waals surface area contributed by atoms with Gasteiger partial charge >= 0.3 is 0 Å². The molecule has 4 rings (SSSR count). The Morgan fingerprint density at radius 2 is 1.95 bits per heavy atom. The lowest BCUT2D eigenvalue weighted by Gasteiger charge is -2.11. The third-order valence-corrected chi connectivity index (χ3v) is 4.12. The lowest BCUT2D eigenvalue weighted by atomic mass is 10.0. The van der Waals surface area contributed by atoms with Crippen molar-refractivity contribution in [3.63, 3.8) is 0 Å². The summed E-state index contributed by atoms with van der Waals surface area (Å²) >= 11 is 0. The SMILES string of the molecule is c1ccc(C2CC(CNc3ccc4cc[nH]c4n3)NN2)cc1. The number of fused-ring (bicyclic) bond motifs is 1. The summed E-state index contributed by atoms with van der Waals surface area (Å²) < 4.78 is 0. The van der Waals surface area contributed by atoms with Gasteiger partial charge in [0.1, 0.15) is 11.5 Å². The Morgan fingerprint density at radius 1 is 1.05 bits per heavy atom. The van der Waals surface area contributed by atoms with Crippen LogP contribution in [0.1, 0.15) is 18.0 Å². The molecule has 22 heavy (non-hydrogen) atoms. The lowest BCUT2D eigenvalue weighted by Crippen LogP contribution is -2.35. The van der Waals surface area contributed by atoms with Gasteiger partial charge in [0.15, 0.2) is 0 Å². The molecule has 5 nitrogen and oxygen atoms in total. The molecule has 0 amide bonds. The minimum Gasteiger partial charge on any atom is -0.368 e. The van der Waals surface area contributed by atoms with Gasteiger partial charge in [0, 0.05) is 30.2 Å². The minimum absolute atomic E-state index is 0.367. The molecule has 4 N–H and O–H groups in total. The fourth-order valence-electron chi connectivity index (χ4n) is 2.92. The van der Waals surface area contributed by atoms with Crippen LogP contribution in [0.5, 0.6) is 0 Å². The predicted molar refractivity (Wildman–Crippen MR) is 88.4 cm³/mol. The summed E-state index contributed by atoms with van der Waals surface area (Å²) in [6, 6.07) is 17.4. The molecule has 0 spiro atoms. The van der Waals surface area contributed by atoms with Crippen molar-refractivity contribution < 1.29 is 0 Å². The topological polar surface area (TPSA) is 64.8 Å². The summed E-state index contributed by atoms with van der Waals surface area (Å²) in [4.78, 5) is 7.70. The first kappa shape index (κ1) is 13.3. The molecular formula is C17H19N5. The number of hydrogen-bond acceptors (Lipinski definition) is 4. The fourth-order valence-corrected chi connectivity index (χ4v) is 2.92. The molecule has 112 valence electrons. The molecule has 1 saturated heterocycles. The zero-order valence-electron chi connectivity index (χ0n) is 12.2. The zero-order chi connectivity index (χ0) is 14.8. The molecule has 0 saturated carbocycles. The number of aromatic nitrogens is 2. The number of rotatable bonds is 4. The Morgan fingerprint density at radius 3 is 2.86 bits per heavy atom. The number of H-pyrrole nitrogens is 1. The Bertz CT molecular complexity index is 752. The van der Waals surface area contributed by atoms with Gasteiger partial charge in [-0.25, -0.2) is 10.4 Å². The van der Waals surface area contributed by atoms with Crippen molar-refractivity contribution in [1.29, 1.82) is 0 Å². The van der Waals surface area contributed by atoms with Crippen molar-refractivity contribution >= 4 is 16.9 Å². The first-order valence-electron chi connectivity index (χ1n) is 7.62. The maximum atomic E-state index is 4.56. The Hall–Kier alpha value is -2.37. The van der Waals surface area contributed by atoms with Crippen LogP contribution in [0.2, 0.25) is 0 Å². The number of benzene rings is 1. The Kier molecular flexibility index (Phi) is 3.50. The van der Waals surface area contributed by atoms with Gasteiger partial charge in [-0.05, 0) is 30.2 Å². The molecule has 1 fully saturated rings. The molecule has 3 aromatic rings. The number of hydrogen-bond donors (Lipinski definition) is 4. The Balaban J connectivity index is 1.36. The molecule has 1 aromatic carbocycles.